The molecule has 1 aromatic rings. The van der Waals surface area contributed by atoms with Crippen LogP contribution in [0.5, 0.6) is 11.5 Å². The highest BCUT2D eigenvalue weighted by Gasteiger charge is 2.34. The van der Waals surface area contributed by atoms with Crippen LogP contribution < -0.4 is 9.47 Å². The number of fused-ring (bicyclic) bond motifs is 1. The van der Waals surface area contributed by atoms with Gasteiger partial charge in [-0.3, -0.25) is 4.79 Å². The van der Waals surface area contributed by atoms with Crippen molar-refractivity contribution in [3.05, 3.63) is 34.4 Å². The van der Waals surface area contributed by atoms with Gasteiger partial charge in [-0.1, -0.05) is 6.08 Å². The van der Waals surface area contributed by atoms with Crippen LogP contribution in [0.4, 0.5) is 0 Å². The second-order valence-electron chi connectivity index (χ2n) is 7.02. The van der Waals surface area contributed by atoms with Crippen molar-refractivity contribution in [3.63, 3.8) is 0 Å². The molecule has 1 heterocycles. The van der Waals surface area contributed by atoms with Gasteiger partial charge in [-0.2, -0.15) is 0 Å². The van der Waals surface area contributed by atoms with Gasteiger partial charge in [0.25, 0.3) is 0 Å². The van der Waals surface area contributed by atoms with E-state index in [9.17, 15) is 9.59 Å². The first-order valence-corrected chi connectivity index (χ1v) is 9.02. The van der Waals surface area contributed by atoms with E-state index in [0.29, 0.717) is 18.8 Å². The zero-order valence-electron chi connectivity index (χ0n) is 16.5. The minimum absolute atomic E-state index is 0.318. The van der Waals surface area contributed by atoms with E-state index in [1.165, 1.54) is 13.0 Å². The van der Waals surface area contributed by atoms with Crippen LogP contribution in [-0.4, -0.2) is 24.1 Å². The monoisotopic (exact) mass is 360 g/mol. The van der Waals surface area contributed by atoms with Crippen LogP contribution in [0.1, 0.15) is 55.9 Å². The zero-order chi connectivity index (χ0) is 19.5. The van der Waals surface area contributed by atoms with Gasteiger partial charge in [0, 0.05) is 25.0 Å². The Balaban J connectivity index is 2.27. The molecule has 142 valence electrons. The summed E-state index contributed by atoms with van der Waals surface area (Å²) in [5.74, 6) is 0.861. The average Bonchev–Trinajstić information content (AvgIpc) is 2.56. The molecule has 0 saturated carbocycles. The number of benzene rings is 1. The lowest BCUT2D eigenvalue weighted by atomic mass is 9.85. The van der Waals surface area contributed by atoms with Crippen molar-refractivity contribution in [3.8, 4) is 11.5 Å². The Kier molecular flexibility index (Phi) is 6.11. The first-order valence-electron chi connectivity index (χ1n) is 9.02. The number of esters is 2. The maximum atomic E-state index is 11.5. The van der Waals surface area contributed by atoms with Gasteiger partial charge >= 0.3 is 11.9 Å². The summed E-state index contributed by atoms with van der Waals surface area (Å²) in [6.45, 7) is 11.5. The largest absolute Gasteiger partial charge is 0.487 e. The molecule has 0 aliphatic carbocycles. The second-order valence-corrected chi connectivity index (χ2v) is 7.02. The molecule has 0 amide bonds. The van der Waals surface area contributed by atoms with Gasteiger partial charge in [-0.25, -0.2) is 4.79 Å². The van der Waals surface area contributed by atoms with Crippen LogP contribution >= 0.6 is 0 Å². The number of carbonyl (C=O) groups excluding carboxylic acids is 2. The Hall–Kier alpha value is -2.30. The summed E-state index contributed by atoms with van der Waals surface area (Å²) >= 11 is 0. The maximum Gasteiger partial charge on any atom is 0.330 e. The minimum Gasteiger partial charge on any atom is -0.487 e. The van der Waals surface area contributed by atoms with E-state index in [1.54, 1.807) is 6.92 Å². The Bertz CT molecular complexity index is 748. The molecule has 1 aliphatic heterocycles. The van der Waals surface area contributed by atoms with Gasteiger partial charge in [-0.05, 0) is 64.2 Å². The third kappa shape index (κ3) is 4.26. The topological polar surface area (TPSA) is 61.8 Å². The first-order chi connectivity index (χ1) is 12.2. The predicted molar refractivity (Wildman–Crippen MR) is 99.7 cm³/mol. The van der Waals surface area contributed by atoms with Gasteiger partial charge in [0.2, 0.25) is 0 Å². The highest BCUT2D eigenvalue weighted by atomic mass is 16.5. The lowest BCUT2D eigenvalue weighted by Gasteiger charge is -2.37. The van der Waals surface area contributed by atoms with Crippen LogP contribution in [0.15, 0.2) is 12.2 Å². The summed E-state index contributed by atoms with van der Waals surface area (Å²) in [7, 11) is 0. The average molecular weight is 360 g/mol. The molecule has 2 rings (SSSR count). The summed E-state index contributed by atoms with van der Waals surface area (Å²) in [5.41, 5.74) is 3.58. The molecule has 1 aromatic carbocycles. The summed E-state index contributed by atoms with van der Waals surface area (Å²) in [6.07, 6.45) is 5.54. The van der Waals surface area contributed by atoms with Gasteiger partial charge < -0.3 is 14.2 Å². The van der Waals surface area contributed by atoms with Gasteiger partial charge in [0.05, 0.1) is 6.61 Å². The summed E-state index contributed by atoms with van der Waals surface area (Å²) < 4.78 is 16.7. The molecule has 5 nitrogen and oxygen atoms in total. The lowest BCUT2D eigenvalue weighted by molar-refractivity contribution is -0.137. The van der Waals surface area contributed by atoms with Gasteiger partial charge in [-0.15, -0.1) is 0 Å². The molecule has 0 bridgehead atoms. The number of hydrogen-bond donors (Lipinski definition) is 0. The molecule has 0 N–H and O–H groups in total. The van der Waals surface area contributed by atoms with Gasteiger partial charge in [0.1, 0.15) is 17.1 Å². The molecular weight excluding hydrogens is 332 g/mol. The quantitative estimate of drug-likeness (QED) is 0.449. The number of rotatable bonds is 5. The van der Waals surface area contributed by atoms with E-state index in [-0.39, 0.29) is 17.5 Å². The van der Waals surface area contributed by atoms with E-state index in [4.69, 9.17) is 14.2 Å². The number of hydrogen-bond acceptors (Lipinski definition) is 5. The van der Waals surface area contributed by atoms with Crippen LogP contribution in [-0.2, 0) is 20.7 Å². The zero-order valence-corrected chi connectivity index (χ0v) is 16.5. The predicted octanol–water partition coefficient (Wildman–Crippen LogP) is 4.13. The van der Waals surface area contributed by atoms with E-state index in [1.807, 2.05) is 26.8 Å². The van der Waals surface area contributed by atoms with Crippen molar-refractivity contribution >= 4 is 11.9 Å². The maximum absolute atomic E-state index is 11.5. The third-order valence-corrected chi connectivity index (χ3v) is 4.90. The van der Waals surface area contributed by atoms with E-state index in [2.05, 4.69) is 6.92 Å². The molecule has 0 spiro atoms. The molecule has 5 heteroatoms. The lowest BCUT2D eigenvalue weighted by Crippen LogP contribution is -2.36. The standard InChI is InChI=1S/C21H28O5/c1-7-24-18(23)9-8-11-21(6)12-10-17-15(4)19(25-16(5)22)13(2)14(3)20(17)26-21/h8-9H,7,10-12H2,1-6H3/b9-8+. The van der Waals surface area contributed by atoms with Crippen molar-refractivity contribution in [2.45, 2.75) is 66.4 Å². The second kappa shape index (κ2) is 7.94. The molecule has 26 heavy (non-hydrogen) atoms. The third-order valence-electron chi connectivity index (χ3n) is 4.90. The minimum atomic E-state index is -0.386. The van der Waals surface area contributed by atoms with Crippen LogP contribution in [0.3, 0.4) is 0 Å². The van der Waals surface area contributed by atoms with E-state index < -0.39 is 0 Å². The summed E-state index contributed by atoms with van der Waals surface area (Å²) in [6, 6.07) is 0. The first kappa shape index (κ1) is 20.0. The summed E-state index contributed by atoms with van der Waals surface area (Å²) in [5, 5.41) is 0. The van der Waals surface area contributed by atoms with Crippen LogP contribution in [0.2, 0.25) is 0 Å². The van der Waals surface area contributed by atoms with Crippen LogP contribution in [0, 0.1) is 20.8 Å². The molecule has 1 unspecified atom stereocenters. The van der Waals surface area contributed by atoms with Crippen molar-refractivity contribution in [1.82, 2.24) is 0 Å². The Morgan fingerprint density at radius 2 is 1.88 bits per heavy atom. The number of carbonyl (C=O) groups is 2. The molecule has 1 aliphatic rings. The SMILES string of the molecule is CCOC(=O)/C=C/CC1(C)CCc2c(C)c(OC(C)=O)c(C)c(C)c2O1. The molecular formula is C21H28O5. The van der Waals surface area contributed by atoms with E-state index in [0.717, 1.165) is 40.8 Å². The normalized spacial score (nSPS) is 19.0. The fraction of sp³-hybridized carbons (Fsp3) is 0.524. The Morgan fingerprint density at radius 3 is 2.50 bits per heavy atom. The summed E-state index contributed by atoms with van der Waals surface area (Å²) in [4.78, 5) is 22.9. The molecule has 0 aromatic heterocycles. The molecule has 0 fully saturated rings. The van der Waals surface area contributed by atoms with Crippen molar-refractivity contribution in [2.24, 2.45) is 0 Å². The smallest absolute Gasteiger partial charge is 0.330 e. The Labute approximate surface area is 155 Å². The molecule has 1 atom stereocenters. The van der Waals surface area contributed by atoms with Gasteiger partial charge in [0.15, 0.2) is 0 Å². The highest BCUT2D eigenvalue weighted by molar-refractivity contribution is 5.81. The number of ether oxygens (including phenoxy) is 3. The fourth-order valence-corrected chi connectivity index (χ4v) is 3.32. The van der Waals surface area contributed by atoms with Crippen molar-refractivity contribution in [2.75, 3.05) is 6.61 Å². The highest BCUT2D eigenvalue weighted by Crippen LogP contribution is 2.44. The van der Waals surface area contributed by atoms with Crippen molar-refractivity contribution in [1.29, 1.82) is 0 Å². The Morgan fingerprint density at radius 1 is 1.19 bits per heavy atom. The van der Waals surface area contributed by atoms with E-state index >= 15 is 0 Å². The molecule has 0 saturated heterocycles. The van der Waals surface area contributed by atoms with Crippen LogP contribution in [0.25, 0.3) is 0 Å². The fourth-order valence-electron chi connectivity index (χ4n) is 3.32. The molecule has 0 radical (unpaired) electrons. The van der Waals surface area contributed by atoms with Crippen molar-refractivity contribution < 1.29 is 23.8 Å².